The van der Waals surface area contributed by atoms with Gasteiger partial charge in [-0.15, -0.1) is 0 Å². The first-order valence-corrected chi connectivity index (χ1v) is 12.2. The van der Waals surface area contributed by atoms with Crippen molar-refractivity contribution in [1.29, 1.82) is 0 Å². The van der Waals surface area contributed by atoms with Gasteiger partial charge in [0, 0.05) is 17.3 Å². The highest BCUT2D eigenvalue weighted by Gasteiger charge is 2.40. The quantitative estimate of drug-likeness (QED) is 0.289. The third-order valence-corrected chi connectivity index (χ3v) is 6.57. The molecular weight excluding hydrogens is 518 g/mol. The molecule has 0 unspecified atom stereocenters. The van der Waals surface area contributed by atoms with E-state index in [9.17, 15) is 9.18 Å². The first-order valence-electron chi connectivity index (χ1n) is 11.4. The lowest BCUT2D eigenvalue weighted by molar-refractivity contribution is 0.0588. The van der Waals surface area contributed by atoms with E-state index in [2.05, 4.69) is 15.2 Å². The molecule has 11 heteroatoms. The number of rotatable bonds is 3. The summed E-state index contributed by atoms with van der Waals surface area (Å²) in [7, 11) is 0. The van der Waals surface area contributed by atoms with Crippen LogP contribution in [0, 0.1) is 5.82 Å². The molecule has 37 heavy (non-hydrogen) atoms. The molecule has 1 aliphatic heterocycles. The first-order chi connectivity index (χ1) is 17.6. The van der Waals surface area contributed by atoms with Gasteiger partial charge in [-0.3, -0.25) is 0 Å². The number of nitrogens with zero attached hydrogens (tertiary/aromatic N) is 6. The van der Waals surface area contributed by atoms with Crippen molar-refractivity contribution in [2.24, 2.45) is 0 Å². The van der Waals surface area contributed by atoms with Gasteiger partial charge in [0.25, 0.3) is 0 Å². The number of benzene rings is 2. The Morgan fingerprint density at radius 1 is 1.05 bits per heavy atom. The number of fused-ring (bicyclic) bond motifs is 1. The molecule has 1 amide bonds. The van der Waals surface area contributed by atoms with E-state index < -0.39 is 23.6 Å². The van der Waals surface area contributed by atoms with Gasteiger partial charge in [0.05, 0.1) is 16.2 Å². The molecule has 0 saturated carbocycles. The number of hydrogen-bond donors (Lipinski definition) is 0. The van der Waals surface area contributed by atoms with Crippen LogP contribution in [0.4, 0.5) is 15.0 Å². The van der Waals surface area contributed by atoms with Gasteiger partial charge in [0.1, 0.15) is 35.3 Å². The van der Waals surface area contributed by atoms with Crippen LogP contribution in [0.15, 0.2) is 66.8 Å². The second-order valence-electron chi connectivity index (χ2n) is 9.47. The van der Waals surface area contributed by atoms with Gasteiger partial charge >= 0.3 is 6.09 Å². The summed E-state index contributed by atoms with van der Waals surface area (Å²) < 4.78 is 23.7. The second kappa shape index (κ2) is 9.32. The van der Waals surface area contributed by atoms with Crippen molar-refractivity contribution in [2.45, 2.75) is 39.3 Å². The highest BCUT2D eigenvalue weighted by molar-refractivity contribution is 6.42. The van der Waals surface area contributed by atoms with Crippen molar-refractivity contribution in [3.63, 3.8) is 0 Å². The zero-order chi connectivity index (χ0) is 26.5. The normalized spacial score (nSPS) is 15.6. The maximum absolute atomic E-state index is 14.9. The van der Waals surface area contributed by atoms with Gasteiger partial charge in [-0.2, -0.15) is 10.2 Å². The van der Waals surface area contributed by atoms with Gasteiger partial charge in [-0.25, -0.2) is 28.4 Å². The van der Waals surface area contributed by atoms with E-state index in [1.165, 1.54) is 22.0 Å². The summed E-state index contributed by atoms with van der Waals surface area (Å²) in [6.45, 7) is 7.15. The van der Waals surface area contributed by atoms with Crippen LogP contribution in [0.25, 0.3) is 11.3 Å². The third-order valence-electron chi connectivity index (χ3n) is 5.83. The zero-order valence-corrected chi connectivity index (χ0v) is 22.0. The lowest BCUT2D eigenvalue weighted by Crippen LogP contribution is -2.41. The van der Waals surface area contributed by atoms with E-state index >= 15 is 0 Å². The Bertz CT molecular complexity index is 1540. The Hall–Kier alpha value is -3.69. The van der Waals surface area contributed by atoms with E-state index in [0.29, 0.717) is 33.0 Å². The van der Waals surface area contributed by atoms with Crippen molar-refractivity contribution < 1.29 is 13.9 Å². The number of ether oxygens (including phenoxy) is 1. The minimum Gasteiger partial charge on any atom is -0.443 e. The van der Waals surface area contributed by atoms with E-state index in [0.717, 1.165) is 5.56 Å². The number of carbonyl (C=O) groups excluding carboxylic acids is 1. The van der Waals surface area contributed by atoms with Gasteiger partial charge in [0.15, 0.2) is 5.82 Å². The fourth-order valence-electron chi connectivity index (χ4n) is 4.33. The summed E-state index contributed by atoms with van der Waals surface area (Å²) >= 11 is 12.6. The number of anilines is 1. The topological polar surface area (TPSA) is 78.1 Å². The van der Waals surface area contributed by atoms with Crippen LogP contribution in [0.5, 0.6) is 0 Å². The molecule has 0 saturated heterocycles. The van der Waals surface area contributed by atoms with Crippen molar-refractivity contribution in [3.05, 3.63) is 94.0 Å². The summed E-state index contributed by atoms with van der Waals surface area (Å²) in [6.07, 6.45) is 2.34. The predicted octanol–water partition coefficient (Wildman–Crippen LogP) is 6.69. The van der Waals surface area contributed by atoms with Crippen molar-refractivity contribution in [1.82, 2.24) is 24.5 Å². The first kappa shape index (κ1) is 25.0. The van der Waals surface area contributed by atoms with Crippen LogP contribution in [0.2, 0.25) is 10.0 Å². The number of aromatic nitrogens is 5. The van der Waals surface area contributed by atoms with Crippen LogP contribution in [-0.4, -0.2) is 36.2 Å². The summed E-state index contributed by atoms with van der Waals surface area (Å²) in [4.78, 5) is 19.4. The van der Waals surface area contributed by atoms with Crippen LogP contribution in [0.3, 0.4) is 0 Å². The number of allylic oxidation sites excluding steroid dienone is 2. The number of halogens is 3. The summed E-state index contributed by atoms with van der Waals surface area (Å²) in [6, 6.07) is 12.6. The maximum Gasteiger partial charge on any atom is 0.420 e. The molecular formula is C26H23Cl2FN6O2. The average molecular weight is 541 g/mol. The molecule has 1 aliphatic rings. The lowest BCUT2D eigenvalue weighted by atomic mass is 9.94. The average Bonchev–Trinajstić information content (AvgIpc) is 3.49. The Balaban J connectivity index is 1.78. The maximum atomic E-state index is 14.9. The van der Waals surface area contributed by atoms with Crippen LogP contribution in [-0.2, 0) is 4.74 Å². The largest absolute Gasteiger partial charge is 0.443 e. The molecule has 2 aromatic heterocycles. The van der Waals surface area contributed by atoms with E-state index in [4.69, 9.17) is 27.9 Å². The number of para-hydroxylation sites is 1. The molecule has 4 aromatic rings. The van der Waals surface area contributed by atoms with Crippen LogP contribution in [0.1, 0.15) is 45.1 Å². The number of hydrogen-bond acceptors (Lipinski definition) is 5. The van der Waals surface area contributed by atoms with E-state index in [1.54, 1.807) is 75.0 Å². The fraction of sp³-hybridized carbons (Fsp3) is 0.231. The molecule has 3 heterocycles. The molecule has 0 bridgehead atoms. The molecule has 0 fully saturated rings. The predicted molar refractivity (Wildman–Crippen MR) is 139 cm³/mol. The fourth-order valence-corrected chi connectivity index (χ4v) is 4.64. The standard InChI is InChI=1S/C26H23Cl2FN6O2/c1-15-22(24-30-14-32-34(24)20-8-6-5-7-19(20)29)23(16-9-10-17(27)18(28)13-16)35-21(11-12-31-35)33(15)25(36)37-26(2,3)4/h5-14,23H,1-4H3/t23-/m1/s1. The summed E-state index contributed by atoms with van der Waals surface area (Å²) in [5.41, 5.74) is 1.28. The second-order valence-corrected chi connectivity index (χ2v) is 10.3. The minimum atomic E-state index is -0.740. The highest BCUT2D eigenvalue weighted by Crippen LogP contribution is 2.45. The number of carbonyl (C=O) groups is 1. The molecule has 1 atom stereocenters. The van der Waals surface area contributed by atoms with Gasteiger partial charge in [0.2, 0.25) is 0 Å². The third kappa shape index (κ3) is 4.49. The highest BCUT2D eigenvalue weighted by atomic mass is 35.5. The monoisotopic (exact) mass is 540 g/mol. The molecule has 2 aromatic carbocycles. The Kier molecular flexibility index (Phi) is 6.29. The SMILES string of the molecule is CC1=C(c2ncnn2-c2ccccc2F)[C@@H](c2ccc(Cl)c(Cl)c2)n2nccc2N1C(=O)OC(C)(C)C. The summed E-state index contributed by atoms with van der Waals surface area (Å²) in [5, 5.41) is 9.60. The van der Waals surface area contributed by atoms with Gasteiger partial charge in [-0.05, 0) is 57.5 Å². The van der Waals surface area contributed by atoms with Crippen molar-refractivity contribution in [2.75, 3.05) is 4.90 Å². The molecule has 0 radical (unpaired) electrons. The molecule has 0 N–H and O–H groups in total. The van der Waals surface area contributed by atoms with Gasteiger partial charge in [-0.1, -0.05) is 41.4 Å². The lowest BCUT2D eigenvalue weighted by Gasteiger charge is -2.36. The van der Waals surface area contributed by atoms with Crippen molar-refractivity contribution >= 4 is 40.7 Å². The van der Waals surface area contributed by atoms with Gasteiger partial charge < -0.3 is 4.74 Å². The molecule has 8 nitrogen and oxygen atoms in total. The number of amides is 1. The summed E-state index contributed by atoms with van der Waals surface area (Å²) in [5.74, 6) is 0.343. The molecule has 0 aliphatic carbocycles. The van der Waals surface area contributed by atoms with Crippen molar-refractivity contribution in [3.8, 4) is 5.69 Å². The van der Waals surface area contributed by atoms with E-state index in [-0.39, 0.29) is 5.69 Å². The van der Waals surface area contributed by atoms with Crippen LogP contribution >= 0.6 is 23.2 Å². The van der Waals surface area contributed by atoms with E-state index in [1.807, 2.05) is 6.07 Å². The zero-order valence-electron chi connectivity index (χ0n) is 20.5. The minimum absolute atomic E-state index is 0.207. The van der Waals surface area contributed by atoms with Crippen LogP contribution < -0.4 is 4.90 Å². The Morgan fingerprint density at radius 3 is 2.51 bits per heavy atom. The molecule has 5 rings (SSSR count). The molecule has 190 valence electrons. The molecule has 0 spiro atoms. The smallest absolute Gasteiger partial charge is 0.420 e. The Labute approximate surface area is 222 Å². The Morgan fingerprint density at radius 2 is 1.81 bits per heavy atom.